The fourth-order valence-corrected chi connectivity index (χ4v) is 2.53. The summed E-state index contributed by atoms with van der Waals surface area (Å²) in [6, 6.07) is 18.7. The normalized spacial score (nSPS) is 11.5. The minimum Gasteiger partial charge on any atom is -0.461 e. The standard InChI is InChI=1S/C20H18N4O2/c1-14-22-19(24-23-14)17-7-9-18(10-8-17)20(25)26-13-16(12-21)11-15-5-3-2-4-6-15/h2-10,16H,11,13H2,1H3,(H,22,23,24). The third-order valence-electron chi connectivity index (χ3n) is 3.90. The van der Waals surface area contributed by atoms with Gasteiger partial charge in [0.15, 0.2) is 5.82 Å². The van der Waals surface area contributed by atoms with E-state index in [4.69, 9.17) is 4.74 Å². The van der Waals surface area contributed by atoms with Gasteiger partial charge in [0, 0.05) is 5.56 Å². The fraction of sp³-hybridized carbons (Fsp3) is 0.200. The van der Waals surface area contributed by atoms with Crippen LogP contribution in [0.25, 0.3) is 11.4 Å². The average molecular weight is 346 g/mol. The number of aryl methyl sites for hydroxylation is 1. The lowest BCUT2D eigenvalue weighted by Crippen LogP contribution is -2.15. The van der Waals surface area contributed by atoms with E-state index in [0.29, 0.717) is 17.8 Å². The highest BCUT2D eigenvalue weighted by molar-refractivity contribution is 5.89. The van der Waals surface area contributed by atoms with E-state index in [-0.39, 0.29) is 12.5 Å². The van der Waals surface area contributed by atoms with Crippen molar-refractivity contribution in [3.63, 3.8) is 0 Å². The predicted molar refractivity (Wildman–Crippen MR) is 96.1 cm³/mol. The second-order valence-electron chi connectivity index (χ2n) is 5.94. The summed E-state index contributed by atoms with van der Waals surface area (Å²) in [5.74, 6) is 0.479. The molecule has 6 nitrogen and oxygen atoms in total. The van der Waals surface area contributed by atoms with Crippen LogP contribution in [0.1, 0.15) is 21.7 Å². The van der Waals surface area contributed by atoms with Crippen LogP contribution in [0.4, 0.5) is 0 Å². The summed E-state index contributed by atoms with van der Waals surface area (Å²) in [5, 5.41) is 16.1. The molecule has 0 radical (unpaired) electrons. The predicted octanol–water partition coefficient (Wildman–Crippen LogP) is 3.32. The Morgan fingerprint density at radius 2 is 1.92 bits per heavy atom. The summed E-state index contributed by atoms with van der Waals surface area (Å²) in [6.45, 7) is 1.88. The lowest BCUT2D eigenvalue weighted by atomic mass is 10.0. The van der Waals surface area contributed by atoms with Gasteiger partial charge in [-0.3, -0.25) is 5.10 Å². The first-order valence-electron chi connectivity index (χ1n) is 8.26. The van der Waals surface area contributed by atoms with Crippen LogP contribution >= 0.6 is 0 Å². The van der Waals surface area contributed by atoms with Gasteiger partial charge in [0.2, 0.25) is 0 Å². The molecule has 2 aromatic carbocycles. The molecule has 0 saturated carbocycles. The van der Waals surface area contributed by atoms with Gasteiger partial charge in [0.1, 0.15) is 12.4 Å². The Kier molecular flexibility index (Phi) is 5.40. The average Bonchev–Trinajstić information content (AvgIpc) is 3.12. The van der Waals surface area contributed by atoms with E-state index < -0.39 is 5.97 Å². The summed E-state index contributed by atoms with van der Waals surface area (Å²) >= 11 is 0. The van der Waals surface area contributed by atoms with Gasteiger partial charge in [0.25, 0.3) is 0 Å². The van der Waals surface area contributed by atoms with Crippen LogP contribution in [0, 0.1) is 24.2 Å². The Morgan fingerprint density at radius 1 is 1.19 bits per heavy atom. The van der Waals surface area contributed by atoms with Gasteiger partial charge in [-0.15, -0.1) is 0 Å². The second kappa shape index (κ2) is 8.08. The molecule has 3 rings (SSSR count). The van der Waals surface area contributed by atoms with E-state index in [1.165, 1.54) is 0 Å². The lowest BCUT2D eigenvalue weighted by Gasteiger charge is -2.10. The van der Waals surface area contributed by atoms with Crippen molar-refractivity contribution in [1.82, 2.24) is 15.2 Å². The molecule has 1 heterocycles. The number of ether oxygens (including phenoxy) is 1. The van der Waals surface area contributed by atoms with E-state index in [9.17, 15) is 10.1 Å². The molecule has 1 N–H and O–H groups in total. The Balaban J connectivity index is 1.58. The maximum atomic E-state index is 12.2. The molecule has 1 atom stereocenters. The Morgan fingerprint density at radius 3 is 2.54 bits per heavy atom. The number of carbonyl (C=O) groups excluding carboxylic acids is 1. The lowest BCUT2D eigenvalue weighted by molar-refractivity contribution is 0.0468. The Bertz CT molecular complexity index is 911. The van der Waals surface area contributed by atoms with Crippen LogP contribution in [0.5, 0.6) is 0 Å². The minimum atomic E-state index is -0.448. The van der Waals surface area contributed by atoms with Crippen LogP contribution in [0.3, 0.4) is 0 Å². The van der Waals surface area contributed by atoms with E-state index in [1.54, 1.807) is 24.3 Å². The summed E-state index contributed by atoms with van der Waals surface area (Å²) in [6.07, 6.45) is 0.549. The topological polar surface area (TPSA) is 91.7 Å². The number of esters is 1. The van der Waals surface area contributed by atoms with Crippen LogP contribution in [-0.4, -0.2) is 27.8 Å². The van der Waals surface area contributed by atoms with Crippen LogP contribution in [0.2, 0.25) is 0 Å². The largest absolute Gasteiger partial charge is 0.461 e. The number of carbonyl (C=O) groups is 1. The van der Waals surface area contributed by atoms with E-state index in [2.05, 4.69) is 21.3 Å². The number of aromatic nitrogens is 3. The maximum Gasteiger partial charge on any atom is 0.338 e. The van der Waals surface area contributed by atoms with Gasteiger partial charge in [-0.25, -0.2) is 9.78 Å². The van der Waals surface area contributed by atoms with Crippen molar-refractivity contribution in [2.45, 2.75) is 13.3 Å². The molecule has 3 aromatic rings. The number of nitriles is 1. The van der Waals surface area contributed by atoms with Crippen molar-refractivity contribution in [2.24, 2.45) is 5.92 Å². The van der Waals surface area contributed by atoms with Gasteiger partial charge in [0.05, 0.1) is 17.6 Å². The highest BCUT2D eigenvalue weighted by Crippen LogP contribution is 2.16. The Labute approximate surface area is 151 Å². The van der Waals surface area contributed by atoms with Crippen molar-refractivity contribution in [3.8, 4) is 17.5 Å². The van der Waals surface area contributed by atoms with Crippen molar-refractivity contribution in [1.29, 1.82) is 5.26 Å². The molecule has 0 aliphatic rings. The molecular weight excluding hydrogens is 328 g/mol. The number of H-pyrrole nitrogens is 1. The zero-order valence-electron chi connectivity index (χ0n) is 14.3. The zero-order chi connectivity index (χ0) is 18.4. The third kappa shape index (κ3) is 4.33. The molecule has 1 unspecified atom stereocenters. The summed E-state index contributed by atoms with van der Waals surface area (Å²) in [5.41, 5.74) is 2.28. The quantitative estimate of drug-likeness (QED) is 0.691. The monoisotopic (exact) mass is 346 g/mol. The molecular formula is C20H18N4O2. The van der Waals surface area contributed by atoms with Gasteiger partial charge < -0.3 is 4.74 Å². The van der Waals surface area contributed by atoms with Crippen LogP contribution in [0.15, 0.2) is 54.6 Å². The number of hydrogen-bond acceptors (Lipinski definition) is 5. The molecule has 6 heteroatoms. The molecule has 0 saturated heterocycles. The number of aromatic amines is 1. The van der Waals surface area contributed by atoms with Crippen molar-refractivity contribution >= 4 is 5.97 Å². The number of nitrogens with one attached hydrogen (secondary N) is 1. The number of hydrogen-bond donors (Lipinski definition) is 1. The molecule has 0 aliphatic heterocycles. The molecule has 0 aliphatic carbocycles. The van der Waals surface area contributed by atoms with Crippen molar-refractivity contribution in [2.75, 3.05) is 6.61 Å². The van der Waals surface area contributed by atoms with E-state index >= 15 is 0 Å². The first-order chi connectivity index (χ1) is 12.7. The zero-order valence-corrected chi connectivity index (χ0v) is 14.3. The maximum absolute atomic E-state index is 12.2. The molecule has 0 spiro atoms. The number of nitrogens with zero attached hydrogens (tertiary/aromatic N) is 3. The number of rotatable bonds is 6. The molecule has 0 bridgehead atoms. The first-order valence-corrected chi connectivity index (χ1v) is 8.26. The second-order valence-corrected chi connectivity index (χ2v) is 5.94. The van der Waals surface area contributed by atoms with Gasteiger partial charge in [-0.1, -0.05) is 42.5 Å². The SMILES string of the molecule is Cc1nc(-c2ccc(C(=O)OCC(C#N)Cc3ccccc3)cc2)n[nH]1. The fourth-order valence-electron chi connectivity index (χ4n) is 2.53. The van der Waals surface area contributed by atoms with Crippen molar-refractivity contribution < 1.29 is 9.53 Å². The molecule has 130 valence electrons. The Hall–Kier alpha value is -3.46. The van der Waals surface area contributed by atoms with Crippen LogP contribution < -0.4 is 0 Å². The highest BCUT2D eigenvalue weighted by Gasteiger charge is 2.14. The smallest absolute Gasteiger partial charge is 0.338 e. The molecule has 1 aromatic heterocycles. The number of benzene rings is 2. The van der Waals surface area contributed by atoms with Gasteiger partial charge in [-0.05, 0) is 31.0 Å². The molecule has 0 amide bonds. The van der Waals surface area contributed by atoms with Gasteiger partial charge in [-0.2, -0.15) is 10.4 Å². The van der Waals surface area contributed by atoms with Gasteiger partial charge >= 0.3 is 5.97 Å². The summed E-state index contributed by atoms with van der Waals surface area (Å²) < 4.78 is 5.30. The summed E-state index contributed by atoms with van der Waals surface area (Å²) in [7, 11) is 0. The highest BCUT2D eigenvalue weighted by atomic mass is 16.5. The first kappa shape index (κ1) is 17.4. The van der Waals surface area contributed by atoms with Crippen LogP contribution in [-0.2, 0) is 11.2 Å². The van der Waals surface area contributed by atoms with E-state index in [0.717, 1.165) is 17.0 Å². The third-order valence-corrected chi connectivity index (χ3v) is 3.90. The molecule has 26 heavy (non-hydrogen) atoms. The molecule has 0 fully saturated rings. The van der Waals surface area contributed by atoms with E-state index in [1.807, 2.05) is 37.3 Å². The minimum absolute atomic E-state index is 0.0616. The summed E-state index contributed by atoms with van der Waals surface area (Å²) in [4.78, 5) is 16.4. The van der Waals surface area contributed by atoms with Crippen molar-refractivity contribution in [3.05, 3.63) is 71.5 Å².